The maximum absolute atomic E-state index is 5.67. The molecule has 5 heteroatoms. The van der Waals surface area contributed by atoms with Crippen molar-refractivity contribution in [3.63, 3.8) is 0 Å². The number of nitrogens with zero attached hydrogens (tertiary/aromatic N) is 2. The minimum atomic E-state index is 0.167. The molecule has 2 heterocycles. The molecule has 2 rings (SSSR count). The van der Waals surface area contributed by atoms with Crippen LogP contribution in [0, 0.1) is 5.92 Å². The molecule has 0 bridgehead atoms. The molecule has 1 fully saturated rings. The van der Waals surface area contributed by atoms with Gasteiger partial charge >= 0.3 is 0 Å². The molecule has 0 amide bonds. The molecule has 0 saturated carbocycles. The summed E-state index contributed by atoms with van der Waals surface area (Å²) in [4.78, 5) is 0. The van der Waals surface area contributed by atoms with Crippen molar-refractivity contribution in [2.75, 3.05) is 13.7 Å². The Hall–Kier alpha value is -0.520. The first-order chi connectivity index (χ1) is 7.22. The largest absolute Gasteiger partial charge is 0.371 e. The van der Waals surface area contributed by atoms with Gasteiger partial charge < -0.3 is 10.1 Å². The Morgan fingerprint density at radius 1 is 1.53 bits per heavy atom. The molecule has 3 unspecified atom stereocenters. The van der Waals surface area contributed by atoms with Gasteiger partial charge in [0.25, 0.3) is 0 Å². The van der Waals surface area contributed by atoms with Crippen LogP contribution < -0.4 is 5.32 Å². The minimum Gasteiger partial charge on any atom is -0.371 e. The summed E-state index contributed by atoms with van der Waals surface area (Å²) in [5, 5.41) is 13.6. The van der Waals surface area contributed by atoms with Gasteiger partial charge in [-0.25, -0.2) is 0 Å². The number of ether oxygens (including phenoxy) is 1. The fourth-order valence-corrected chi connectivity index (χ4v) is 2.76. The fourth-order valence-electron chi connectivity index (χ4n) is 1.67. The van der Waals surface area contributed by atoms with Gasteiger partial charge in [0.15, 0.2) is 0 Å². The van der Waals surface area contributed by atoms with Crippen molar-refractivity contribution in [3.05, 3.63) is 10.0 Å². The summed E-state index contributed by atoms with van der Waals surface area (Å²) in [5.41, 5.74) is 0. The first kappa shape index (κ1) is 11.0. The van der Waals surface area contributed by atoms with Crippen LogP contribution in [0.4, 0.5) is 0 Å². The molecule has 1 saturated heterocycles. The van der Waals surface area contributed by atoms with E-state index in [1.54, 1.807) is 11.3 Å². The van der Waals surface area contributed by atoms with Gasteiger partial charge in [-0.2, -0.15) is 0 Å². The zero-order valence-corrected chi connectivity index (χ0v) is 10.2. The zero-order chi connectivity index (χ0) is 10.8. The average molecular weight is 227 g/mol. The van der Waals surface area contributed by atoms with Crippen LogP contribution in [0.1, 0.15) is 42.4 Å². The fraction of sp³-hybridized carbons (Fsp3) is 0.800. The van der Waals surface area contributed by atoms with Gasteiger partial charge in [-0.15, -0.1) is 10.2 Å². The van der Waals surface area contributed by atoms with Crippen LogP contribution in [-0.4, -0.2) is 23.9 Å². The molecule has 84 valence electrons. The molecule has 1 aliphatic heterocycles. The summed E-state index contributed by atoms with van der Waals surface area (Å²) in [7, 11) is 1.93. The van der Waals surface area contributed by atoms with E-state index in [4.69, 9.17) is 4.74 Å². The summed E-state index contributed by atoms with van der Waals surface area (Å²) >= 11 is 1.66. The van der Waals surface area contributed by atoms with Crippen molar-refractivity contribution < 1.29 is 4.74 Å². The van der Waals surface area contributed by atoms with Crippen LogP contribution in [0.3, 0.4) is 0 Å². The Morgan fingerprint density at radius 2 is 2.33 bits per heavy atom. The van der Waals surface area contributed by atoms with Gasteiger partial charge in [0, 0.05) is 6.61 Å². The van der Waals surface area contributed by atoms with E-state index in [-0.39, 0.29) is 12.1 Å². The molecular formula is C10H17N3OS. The number of nitrogens with one attached hydrogen (secondary N) is 1. The lowest BCUT2D eigenvalue weighted by Gasteiger charge is -2.09. The standard InChI is InChI=1S/C10H17N3OS/c1-6-4-5-14-8(6)10-13-12-9(15-10)7(2)11-3/h6-8,11H,4-5H2,1-3H3. The van der Waals surface area contributed by atoms with E-state index in [0.717, 1.165) is 23.0 Å². The van der Waals surface area contributed by atoms with Gasteiger partial charge in [0.05, 0.1) is 6.04 Å². The molecule has 4 nitrogen and oxygen atoms in total. The van der Waals surface area contributed by atoms with Crippen molar-refractivity contribution in [3.8, 4) is 0 Å². The molecule has 1 N–H and O–H groups in total. The van der Waals surface area contributed by atoms with E-state index in [0.29, 0.717) is 5.92 Å². The quantitative estimate of drug-likeness (QED) is 0.857. The average Bonchev–Trinajstić information content (AvgIpc) is 2.84. The smallest absolute Gasteiger partial charge is 0.146 e. The SMILES string of the molecule is CNC(C)c1nnc(C2OCCC2C)s1. The zero-order valence-electron chi connectivity index (χ0n) is 9.36. The second-order valence-electron chi connectivity index (χ2n) is 4.05. The maximum Gasteiger partial charge on any atom is 0.146 e. The van der Waals surface area contributed by atoms with Gasteiger partial charge in [-0.05, 0) is 26.3 Å². The molecule has 1 aromatic rings. The second-order valence-corrected chi connectivity index (χ2v) is 5.09. The summed E-state index contributed by atoms with van der Waals surface area (Å²) in [5.74, 6) is 0.565. The highest BCUT2D eigenvalue weighted by Gasteiger charge is 2.29. The number of rotatable bonds is 3. The van der Waals surface area contributed by atoms with E-state index in [9.17, 15) is 0 Å². The number of hydrogen-bond donors (Lipinski definition) is 1. The van der Waals surface area contributed by atoms with Crippen molar-refractivity contribution in [2.24, 2.45) is 5.92 Å². The van der Waals surface area contributed by atoms with Crippen molar-refractivity contribution in [1.29, 1.82) is 0 Å². The third-order valence-electron chi connectivity index (χ3n) is 2.89. The Balaban J connectivity index is 2.12. The monoisotopic (exact) mass is 227 g/mol. The van der Waals surface area contributed by atoms with Gasteiger partial charge in [0.1, 0.15) is 16.1 Å². The van der Waals surface area contributed by atoms with Gasteiger partial charge in [-0.3, -0.25) is 0 Å². The molecule has 0 spiro atoms. The van der Waals surface area contributed by atoms with E-state index < -0.39 is 0 Å². The lowest BCUT2D eigenvalue weighted by Crippen LogP contribution is -2.11. The normalized spacial score (nSPS) is 28.2. The van der Waals surface area contributed by atoms with Crippen molar-refractivity contribution in [2.45, 2.75) is 32.4 Å². The van der Waals surface area contributed by atoms with Gasteiger partial charge in [-0.1, -0.05) is 18.3 Å². The van der Waals surface area contributed by atoms with E-state index in [1.165, 1.54) is 0 Å². The minimum absolute atomic E-state index is 0.167. The third-order valence-corrected chi connectivity index (χ3v) is 4.06. The van der Waals surface area contributed by atoms with Crippen LogP contribution in [-0.2, 0) is 4.74 Å². The van der Waals surface area contributed by atoms with E-state index in [1.807, 2.05) is 7.05 Å². The van der Waals surface area contributed by atoms with Crippen LogP contribution in [0.2, 0.25) is 0 Å². The summed E-state index contributed by atoms with van der Waals surface area (Å²) in [6.45, 7) is 5.14. The van der Waals surface area contributed by atoms with Crippen LogP contribution in [0.15, 0.2) is 0 Å². The van der Waals surface area contributed by atoms with E-state index >= 15 is 0 Å². The van der Waals surface area contributed by atoms with Crippen LogP contribution in [0.25, 0.3) is 0 Å². The summed E-state index contributed by atoms with van der Waals surface area (Å²) in [6, 6.07) is 0.271. The lowest BCUT2D eigenvalue weighted by atomic mass is 10.1. The maximum atomic E-state index is 5.67. The Bertz CT molecular complexity index is 328. The van der Waals surface area contributed by atoms with Crippen molar-refractivity contribution >= 4 is 11.3 Å². The molecule has 0 aliphatic carbocycles. The Morgan fingerprint density at radius 3 is 2.93 bits per heavy atom. The summed E-state index contributed by atoms with van der Waals surface area (Å²) in [6.07, 6.45) is 1.29. The van der Waals surface area contributed by atoms with Crippen molar-refractivity contribution in [1.82, 2.24) is 15.5 Å². The highest BCUT2D eigenvalue weighted by atomic mass is 32.1. The molecule has 0 aromatic carbocycles. The molecule has 1 aromatic heterocycles. The molecule has 3 atom stereocenters. The highest BCUT2D eigenvalue weighted by Crippen LogP contribution is 2.36. The Labute approximate surface area is 94.1 Å². The molecule has 0 radical (unpaired) electrons. The Kier molecular flexibility index (Phi) is 3.33. The second kappa shape index (κ2) is 4.55. The number of aromatic nitrogens is 2. The molecular weight excluding hydrogens is 210 g/mol. The van der Waals surface area contributed by atoms with Crippen LogP contribution >= 0.6 is 11.3 Å². The van der Waals surface area contributed by atoms with Crippen LogP contribution in [0.5, 0.6) is 0 Å². The predicted octanol–water partition coefficient (Wildman–Crippen LogP) is 1.92. The first-order valence-electron chi connectivity index (χ1n) is 5.34. The molecule has 15 heavy (non-hydrogen) atoms. The first-order valence-corrected chi connectivity index (χ1v) is 6.16. The molecule has 1 aliphatic rings. The number of hydrogen-bond acceptors (Lipinski definition) is 5. The highest BCUT2D eigenvalue weighted by molar-refractivity contribution is 7.11. The summed E-state index contributed by atoms with van der Waals surface area (Å²) < 4.78 is 5.67. The topological polar surface area (TPSA) is 47.0 Å². The van der Waals surface area contributed by atoms with Gasteiger partial charge in [0.2, 0.25) is 0 Å². The van der Waals surface area contributed by atoms with E-state index in [2.05, 4.69) is 29.4 Å². The third kappa shape index (κ3) is 2.19. The lowest BCUT2D eigenvalue weighted by molar-refractivity contribution is 0.0937. The predicted molar refractivity (Wildman–Crippen MR) is 59.9 cm³/mol.